The summed E-state index contributed by atoms with van der Waals surface area (Å²) in [5, 5.41) is 3.47. The van der Waals surface area contributed by atoms with Crippen LogP contribution >= 0.6 is 0 Å². The molecule has 0 bridgehead atoms. The highest BCUT2D eigenvalue weighted by Gasteiger charge is 1.96. The van der Waals surface area contributed by atoms with Gasteiger partial charge in [-0.3, -0.25) is 0 Å². The van der Waals surface area contributed by atoms with Gasteiger partial charge in [-0.15, -0.1) is 0 Å². The van der Waals surface area contributed by atoms with Crippen LogP contribution in [0.4, 0.5) is 5.69 Å². The number of para-hydroxylation sites is 1. The van der Waals surface area contributed by atoms with E-state index in [0.717, 1.165) is 12.5 Å². The summed E-state index contributed by atoms with van der Waals surface area (Å²) in [7, 11) is 0. The van der Waals surface area contributed by atoms with Gasteiger partial charge in [0, 0.05) is 12.2 Å². The molecule has 0 aliphatic carbocycles. The van der Waals surface area contributed by atoms with Gasteiger partial charge < -0.3 is 5.32 Å². The lowest BCUT2D eigenvalue weighted by Crippen LogP contribution is -2.03. The smallest absolute Gasteiger partial charge is 0.0369 e. The molecule has 0 aromatic heterocycles. The van der Waals surface area contributed by atoms with Crippen LogP contribution in [-0.2, 0) is 0 Å². The van der Waals surface area contributed by atoms with Gasteiger partial charge in [0.2, 0.25) is 0 Å². The minimum absolute atomic E-state index is 0.814. The van der Waals surface area contributed by atoms with Gasteiger partial charge in [0.25, 0.3) is 0 Å². The summed E-state index contributed by atoms with van der Waals surface area (Å²) >= 11 is 0. The highest BCUT2D eigenvalue weighted by atomic mass is 14.9. The van der Waals surface area contributed by atoms with Crippen molar-refractivity contribution >= 4 is 5.69 Å². The maximum Gasteiger partial charge on any atom is 0.0369 e. The summed E-state index contributed by atoms with van der Waals surface area (Å²) in [6.45, 7) is 7.77. The Labute approximate surface area is 87.5 Å². The van der Waals surface area contributed by atoms with Crippen LogP contribution in [0.2, 0.25) is 0 Å². The molecule has 0 aliphatic heterocycles. The molecule has 78 valence electrons. The molecule has 0 aliphatic rings. The number of hydrogen-bond donors (Lipinski definition) is 1. The van der Waals surface area contributed by atoms with E-state index in [1.165, 1.54) is 24.1 Å². The van der Waals surface area contributed by atoms with Crippen molar-refractivity contribution in [3.63, 3.8) is 0 Å². The highest BCUT2D eigenvalue weighted by molar-refractivity contribution is 5.49. The molecule has 0 atom stereocenters. The van der Waals surface area contributed by atoms with Gasteiger partial charge in [-0.05, 0) is 37.3 Å². The van der Waals surface area contributed by atoms with Gasteiger partial charge in [-0.1, -0.05) is 32.0 Å². The predicted octanol–water partition coefficient (Wildman–Crippen LogP) is 3.84. The number of rotatable bonds is 5. The fraction of sp³-hybridized carbons (Fsp3) is 0.538. The number of benzene rings is 1. The minimum Gasteiger partial charge on any atom is -0.385 e. The van der Waals surface area contributed by atoms with Crippen LogP contribution in [0.3, 0.4) is 0 Å². The maximum absolute atomic E-state index is 3.47. The molecule has 1 heteroatoms. The summed E-state index contributed by atoms with van der Waals surface area (Å²) in [6, 6.07) is 8.45. The average Bonchev–Trinajstić information content (AvgIpc) is 2.15. The lowest BCUT2D eigenvalue weighted by Gasteiger charge is -2.09. The van der Waals surface area contributed by atoms with Crippen molar-refractivity contribution in [2.24, 2.45) is 5.92 Å². The molecule has 1 nitrogen and oxygen atoms in total. The summed E-state index contributed by atoms with van der Waals surface area (Å²) in [6.07, 6.45) is 2.56. The summed E-state index contributed by atoms with van der Waals surface area (Å²) < 4.78 is 0. The van der Waals surface area contributed by atoms with Crippen molar-refractivity contribution in [2.75, 3.05) is 11.9 Å². The molecular weight excluding hydrogens is 170 g/mol. The zero-order chi connectivity index (χ0) is 10.4. The van der Waals surface area contributed by atoms with Crippen LogP contribution in [0, 0.1) is 12.8 Å². The Kier molecular flexibility index (Phi) is 4.51. The molecule has 0 saturated carbocycles. The number of anilines is 1. The molecule has 0 amide bonds. The second-order valence-corrected chi connectivity index (χ2v) is 4.28. The van der Waals surface area contributed by atoms with Gasteiger partial charge >= 0.3 is 0 Å². The third kappa shape index (κ3) is 3.82. The summed E-state index contributed by atoms with van der Waals surface area (Å²) in [4.78, 5) is 0. The first-order valence-electron chi connectivity index (χ1n) is 5.49. The van der Waals surface area contributed by atoms with Crippen molar-refractivity contribution in [3.05, 3.63) is 29.8 Å². The van der Waals surface area contributed by atoms with E-state index in [1.807, 2.05) is 0 Å². The van der Waals surface area contributed by atoms with Crippen molar-refractivity contribution < 1.29 is 0 Å². The minimum atomic E-state index is 0.814. The van der Waals surface area contributed by atoms with Crippen LogP contribution < -0.4 is 5.32 Å². The molecule has 1 rings (SSSR count). The normalized spacial score (nSPS) is 10.6. The van der Waals surface area contributed by atoms with E-state index in [1.54, 1.807) is 0 Å². The van der Waals surface area contributed by atoms with Gasteiger partial charge in [-0.2, -0.15) is 0 Å². The lowest BCUT2D eigenvalue weighted by atomic mass is 10.1. The van der Waals surface area contributed by atoms with Gasteiger partial charge in [0.05, 0.1) is 0 Å². The lowest BCUT2D eigenvalue weighted by molar-refractivity contribution is 0.567. The van der Waals surface area contributed by atoms with Crippen LogP contribution in [0.25, 0.3) is 0 Å². The molecule has 1 aromatic carbocycles. The molecule has 0 heterocycles. The van der Waals surface area contributed by atoms with Crippen LogP contribution in [-0.4, -0.2) is 6.54 Å². The SMILES string of the molecule is Cc1ccccc1NCCCC(C)C. The van der Waals surface area contributed by atoms with Crippen molar-refractivity contribution in [1.29, 1.82) is 0 Å². The van der Waals surface area contributed by atoms with Crippen molar-refractivity contribution in [2.45, 2.75) is 33.6 Å². The van der Waals surface area contributed by atoms with E-state index in [9.17, 15) is 0 Å². The highest BCUT2D eigenvalue weighted by Crippen LogP contribution is 2.13. The van der Waals surface area contributed by atoms with E-state index < -0.39 is 0 Å². The first kappa shape index (κ1) is 11.1. The van der Waals surface area contributed by atoms with E-state index in [-0.39, 0.29) is 0 Å². The largest absolute Gasteiger partial charge is 0.385 e. The van der Waals surface area contributed by atoms with Gasteiger partial charge in [0.1, 0.15) is 0 Å². The number of nitrogens with one attached hydrogen (secondary N) is 1. The van der Waals surface area contributed by atoms with Crippen LogP contribution in [0.5, 0.6) is 0 Å². The van der Waals surface area contributed by atoms with Crippen LogP contribution in [0.1, 0.15) is 32.3 Å². The van der Waals surface area contributed by atoms with Crippen molar-refractivity contribution in [3.8, 4) is 0 Å². The molecule has 0 radical (unpaired) electrons. The maximum atomic E-state index is 3.47. The molecule has 0 unspecified atom stereocenters. The number of hydrogen-bond acceptors (Lipinski definition) is 1. The third-order valence-electron chi connectivity index (χ3n) is 2.42. The second kappa shape index (κ2) is 5.69. The van der Waals surface area contributed by atoms with E-state index >= 15 is 0 Å². The molecular formula is C13H21N. The Hall–Kier alpha value is -0.980. The Bertz CT molecular complexity index is 266. The van der Waals surface area contributed by atoms with E-state index in [0.29, 0.717) is 0 Å². The molecule has 0 spiro atoms. The molecule has 0 saturated heterocycles. The molecule has 1 aromatic rings. The Balaban J connectivity index is 2.28. The monoisotopic (exact) mass is 191 g/mol. The zero-order valence-electron chi connectivity index (χ0n) is 9.51. The number of aryl methyl sites for hydroxylation is 1. The van der Waals surface area contributed by atoms with Crippen molar-refractivity contribution in [1.82, 2.24) is 0 Å². The first-order valence-corrected chi connectivity index (χ1v) is 5.49. The average molecular weight is 191 g/mol. The van der Waals surface area contributed by atoms with E-state index in [4.69, 9.17) is 0 Å². The first-order chi connectivity index (χ1) is 6.70. The predicted molar refractivity (Wildman–Crippen MR) is 63.7 cm³/mol. The standard InChI is InChI=1S/C13H21N/c1-11(2)7-6-10-14-13-9-5-4-8-12(13)3/h4-5,8-9,11,14H,6-7,10H2,1-3H3. The Morgan fingerprint density at radius 3 is 2.57 bits per heavy atom. The van der Waals surface area contributed by atoms with Gasteiger partial charge in [0.15, 0.2) is 0 Å². The van der Waals surface area contributed by atoms with E-state index in [2.05, 4.69) is 50.4 Å². The summed E-state index contributed by atoms with van der Waals surface area (Å²) in [5.41, 5.74) is 2.60. The quantitative estimate of drug-likeness (QED) is 0.697. The fourth-order valence-corrected chi connectivity index (χ4v) is 1.50. The Morgan fingerprint density at radius 2 is 1.93 bits per heavy atom. The zero-order valence-corrected chi connectivity index (χ0v) is 9.51. The molecule has 1 N–H and O–H groups in total. The van der Waals surface area contributed by atoms with Crippen LogP contribution in [0.15, 0.2) is 24.3 Å². The molecule has 0 fully saturated rings. The third-order valence-corrected chi connectivity index (χ3v) is 2.42. The van der Waals surface area contributed by atoms with Gasteiger partial charge in [-0.25, -0.2) is 0 Å². The topological polar surface area (TPSA) is 12.0 Å². The fourth-order valence-electron chi connectivity index (χ4n) is 1.50. The Morgan fingerprint density at radius 1 is 1.21 bits per heavy atom. The second-order valence-electron chi connectivity index (χ2n) is 4.28. The summed E-state index contributed by atoms with van der Waals surface area (Å²) in [5.74, 6) is 0.814. The molecule has 14 heavy (non-hydrogen) atoms.